The molecule has 0 atom stereocenters. The summed E-state index contributed by atoms with van der Waals surface area (Å²) in [5, 5.41) is 3.48. The Labute approximate surface area is 99.5 Å². The summed E-state index contributed by atoms with van der Waals surface area (Å²) in [6, 6.07) is 1.37. The van der Waals surface area contributed by atoms with Gasteiger partial charge in [-0.2, -0.15) is 0 Å². The van der Waals surface area contributed by atoms with E-state index in [1.165, 1.54) is 12.3 Å². The van der Waals surface area contributed by atoms with Crippen LogP contribution in [0.25, 0.3) is 11.6 Å². The Hall–Kier alpha value is -2.25. The van der Waals surface area contributed by atoms with Gasteiger partial charge in [0.15, 0.2) is 11.4 Å². The van der Waals surface area contributed by atoms with Crippen LogP contribution in [0, 0.1) is 0 Å². The third-order valence-electron chi connectivity index (χ3n) is 1.98. The number of hydrogen-bond donors (Lipinski definition) is 0. The van der Waals surface area contributed by atoms with Gasteiger partial charge in [0.2, 0.25) is 11.7 Å². The first kappa shape index (κ1) is 12.2. The normalized spacial score (nSPS) is 10.9. The van der Waals surface area contributed by atoms with Crippen molar-refractivity contribution in [3.05, 3.63) is 23.8 Å². The number of oxazole rings is 1. The lowest BCUT2D eigenvalue weighted by molar-refractivity contribution is 0.0476. The minimum atomic E-state index is -2.95. The molecular formula is C10H8F2N2O4. The van der Waals surface area contributed by atoms with Crippen molar-refractivity contribution in [3.63, 3.8) is 0 Å². The molecule has 0 N–H and O–H groups in total. The largest absolute Gasteiger partial charge is 0.460 e. The van der Waals surface area contributed by atoms with Crippen molar-refractivity contribution in [2.45, 2.75) is 13.3 Å². The fourth-order valence-electron chi connectivity index (χ4n) is 1.26. The van der Waals surface area contributed by atoms with Crippen LogP contribution in [-0.4, -0.2) is 22.7 Å². The minimum Gasteiger partial charge on any atom is -0.460 e. The van der Waals surface area contributed by atoms with Gasteiger partial charge < -0.3 is 13.7 Å². The Balaban J connectivity index is 2.42. The van der Waals surface area contributed by atoms with Gasteiger partial charge in [-0.1, -0.05) is 5.16 Å². The molecule has 2 heterocycles. The lowest BCUT2D eigenvalue weighted by Crippen LogP contribution is -2.06. The molecule has 0 radical (unpaired) electrons. The SMILES string of the molecule is CCOC(=O)c1oc(-c2ccon2)nc1C(F)F. The molecular weight excluding hydrogens is 250 g/mol. The summed E-state index contributed by atoms with van der Waals surface area (Å²) in [7, 11) is 0. The standard InChI is InChI=1S/C10H8F2N2O4/c1-2-16-10(15)7-6(8(11)12)13-9(18-7)5-3-4-17-14-5/h3-4,8H,2H2,1H3. The van der Waals surface area contributed by atoms with E-state index in [-0.39, 0.29) is 18.2 Å². The highest BCUT2D eigenvalue weighted by Gasteiger charge is 2.28. The molecule has 96 valence electrons. The summed E-state index contributed by atoms with van der Waals surface area (Å²) < 4.78 is 39.5. The van der Waals surface area contributed by atoms with E-state index in [9.17, 15) is 13.6 Å². The zero-order valence-corrected chi connectivity index (χ0v) is 9.22. The Kier molecular flexibility index (Phi) is 3.35. The molecule has 2 aromatic rings. The molecule has 8 heteroatoms. The van der Waals surface area contributed by atoms with Gasteiger partial charge in [-0.3, -0.25) is 0 Å². The van der Waals surface area contributed by atoms with Crippen LogP contribution in [0.1, 0.15) is 29.6 Å². The lowest BCUT2D eigenvalue weighted by Gasteiger charge is -1.99. The van der Waals surface area contributed by atoms with Crippen LogP contribution >= 0.6 is 0 Å². The maximum Gasteiger partial charge on any atom is 0.376 e. The van der Waals surface area contributed by atoms with Crippen LogP contribution in [0.3, 0.4) is 0 Å². The van der Waals surface area contributed by atoms with E-state index in [0.29, 0.717) is 0 Å². The fourth-order valence-corrected chi connectivity index (χ4v) is 1.26. The van der Waals surface area contributed by atoms with E-state index < -0.39 is 23.8 Å². The van der Waals surface area contributed by atoms with Crippen LogP contribution in [0.4, 0.5) is 8.78 Å². The van der Waals surface area contributed by atoms with Gasteiger partial charge in [0, 0.05) is 6.07 Å². The molecule has 6 nitrogen and oxygen atoms in total. The first-order valence-electron chi connectivity index (χ1n) is 5.00. The van der Waals surface area contributed by atoms with Crippen molar-refractivity contribution in [1.29, 1.82) is 0 Å². The maximum atomic E-state index is 12.7. The van der Waals surface area contributed by atoms with Gasteiger partial charge in [-0.05, 0) is 6.92 Å². The first-order valence-corrected chi connectivity index (χ1v) is 5.00. The van der Waals surface area contributed by atoms with Crippen LogP contribution in [-0.2, 0) is 4.74 Å². The second kappa shape index (κ2) is 4.94. The third kappa shape index (κ3) is 2.22. The average molecular weight is 258 g/mol. The van der Waals surface area contributed by atoms with Crippen LogP contribution in [0.2, 0.25) is 0 Å². The van der Waals surface area contributed by atoms with Gasteiger partial charge in [0.1, 0.15) is 6.26 Å². The van der Waals surface area contributed by atoms with E-state index in [0.717, 1.165) is 0 Å². The Morgan fingerprint density at radius 3 is 2.89 bits per heavy atom. The second-order valence-electron chi connectivity index (χ2n) is 3.14. The van der Waals surface area contributed by atoms with E-state index >= 15 is 0 Å². The number of alkyl halides is 2. The summed E-state index contributed by atoms with van der Waals surface area (Å²) in [6.45, 7) is 1.59. The van der Waals surface area contributed by atoms with Crippen molar-refractivity contribution in [1.82, 2.24) is 10.1 Å². The molecule has 0 amide bonds. The van der Waals surface area contributed by atoms with Crippen molar-refractivity contribution in [2.75, 3.05) is 6.61 Å². The van der Waals surface area contributed by atoms with E-state index in [1.54, 1.807) is 6.92 Å². The molecule has 0 saturated heterocycles. The van der Waals surface area contributed by atoms with Crippen LogP contribution in [0.5, 0.6) is 0 Å². The Morgan fingerprint density at radius 2 is 2.33 bits per heavy atom. The fraction of sp³-hybridized carbons (Fsp3) is 0.300. The number of nitrogens with zero attached hydrogens (tertiary/aromatic N) is 2. The highest BCUT2D eigenvalue weighted by atomic mass is 19.3. The zero-order valence-electron chi connectivity index (χ0n) is 9.22. The van der Waals surface area contributed by atoms with Crippen molar-refractivity contribution >= 4 is 5.97 Å². The van der Waals surface area contributed by atoms with Gasteiger partial charge in [-0.25, -0.2) is 18.6 Å². The van der Waals surface area contributed by atoms with E-state index in [4.69, 9.17) is 4.42 Å². The molecule has 2 aromatic heterocycles. The van der Waals surface area contributed by atoms with Crippen molar-refractivity contribution in [2.24, 2.45) is 0 Å². The number of rotatable bonds is 4. The molecule has 0 aliphatic carbocycles. The Morgan fingerprint density at radius 1 is 1.56 bits per heavy atom. The van der Waals surface area contributed by atoms with Gasteiger partial charge in [0.05, 0.1) is 6.61 Å². The molecule has 2 rings (SSSR count). The summed E-state index contributed by atoms with van der Waals surface area (Å²) in [6.07, 6.45) is -1.72. The monoisotopic (exact) mass is 258 g/mol. The third-order valence-corrected chi connectivity index (χ3v) is 1.98. The van der Waals surface area contributed by atoms with Gasteiger partial charge in [0.25, 0.3) is 6.43 Å². The quantitative estimate of drug-likeness (QED) is 0.784. The molecule has 0 bridgehead atoms. The summed E-state index contributed by atoms with van der Waals surface area (Å²) in [4.78, 5) is 14.9. The number of carbonyl (C=O) groups is 1. The van der Waals surface area contributed by atoms with Crippen molar-refractivity contribution < 1.29 is 27.3 Å². The van der Waals surface area contributed by atoms with Gasteiger partial charge >= 0.3 is 5.97 Å². The number of ether oxygens (including phenoxy) is 1. The number of aromatic nitrogens is 2. The van der Waals surface area contributed by atoms with Crippen LogP contribution in [0.15, 0.2) is 21.3 Å². The Bertz CT molecular complexity index is 536. The average Bonchev–Trinajstić information content (AvgIpc) is 2.98. The highest BCUT2D eigenvalue weighted by Crippen LogP contribution is 2.28. The maximum absolute atomic E-state index is 12.7. The number of hydrogen-bond acceptors (Lipinski definition) is 6. The minimum absolute atomic E-state index is 0.0432. The number of carbonyl (C=O) groups excluding carboxylic acids is 1. The molecule has 0 saturated carbocycles. The summed E-state index contributed by atoms with van der Waals surface area (Å²) in [5.41, 5.74) is -0.654. The molecule has 0 spiro atoms. The molecule has 0 aliphatic rings. The molecule has 0 fully saturated rings. The second-order valence-corrected chi connectivity index (χ2v) is 3.14. The smallest absolute Gasteiger partial charge is 0.376 e. The predicted octanol–water partition coefficient (Wildman–Crippen LogP) is 2.44. The highest BCUT2D eigenvalue weighted by molar-refractivity contribution is 5.88. The number of esters is 1. The summed E-state index contributed by atoms with van der Waals surface area (Å²) >= 11 is 0. The molecule has 0 aliphatic heterocycles. The zero-order chi connectivity index (χ0) is 13.1. The van der Waals surface area contributed by atoms with E-state index in [2.05, 4.69) is 19.4 Å². The lowest BCUT2D eigenvalue weighted by atomic mass is 10.3. The van der Waals surface area contributed by atoms with E-state index in [1.807, 2.05) is 0 Å². The molecule has 0 aromatic carbocycles. The van der Waals surface area contributed by atoms with Gasteiger partial charge in [-0.15, -0.1) is 0 Å². The van der Waals surface area contributed by atoms with Crippen molar-refractivity contribution in [3.8, 4) is 11.6 Å². The molecule has 0 unspecified atom stereocenters. The molecule has 18 heavy (non-hydrogen) atoms. The first-order chi connectivity index (χ1) is 8.63. The van der Waals surface area contributed by atoms with Crippen LogP contribution < -0.4 is 0 Å². The topological polar surface area (TPSA) is 78.4 Å². The predicted molar refractivity (Wildman–Crippen MR) is 52.9 cm³/mol. The summed E-state index contributed by atoms with van der Waals surface area (Å²) in [5.74, 6) is -1.83. The number of halogens is 2.